The van der Waals surface area contributed by atoms with Crippen LogP contribution in [0, 0.1) is 0 Å². The topological polar surface area (TPSA) is 65.0 Å². The van der Waals surface area contributed by atoms with Crippen LogP contribution in [-0.2, 0) is 14.3 Å². The molecule has 0 atom stereocenters. The van der Waals surface area contributed by atoms with E-state index in [0.717, 1.165) is 0 Å². The number of Topliss-reactive ketones (excluding diaryl/α,β-unsaturated/α-hetero) is 1. The molecule has 1 aliphatic rings. The number of halogens is 2. The van der Waals surface area contributed by atoms with Gasteiger partial charge in [0.1, 0.15) is 6.61 Å². The van der Waals surface area contributed by atoms with Crippen LogP contribution in [-0.4, -0.2) is 38.3 Å². The molecule has 7 heteroatoms. The van der Waals surface area contributed by atoms with E-state index in [9.17, 15) is 9.59 Å². The van der Waals surface area contributed by atoms with Gasteiger partial charge in [-0.3, -0.25) is 9.79 Å². The standard InChI is InChI=1S/C17H17Cl2NO4/c1-23-7-8-24-17(22)13-3-2-6-20-15(13)10-16(21)12-5-4-11(18)9-14(12)19/h4-6,9H,2-3,7-8,10H2,1H3. The van der Waals surface area contributed by atoms with E-state index in [1.807, 2.05) is 0 Å². The van der Waals surface area contributed by atoms with Gasteiger partial charge in [-0.25, -0.2) is 4.79 Å². The summed E-state index contributed by atoms with van der Waals surface area (Å²) < 4.78 is 9.98. The first-order valence-corrected chi connectivity index (χ1v) is 8.17. The Bertz CT molecular complexity index is 698. The van der Waals surface area contributed by atoms with Gasteiger partial charge in [0.15, 0.2) is 5.78 Å². The maximum atomic E-state index is 12.5. The number of carbonyl (C=O) groups excluding carboxylic acids is 2. The fourth-order valence-corrected chi connectivity index (χ4v) is 2.76. The van der Waals surface area contributed by atoms with Crippen molar-refractivity contribution in [2.24, 2.45) is 4.99 Å². The van der Waals surface area contributed by atoms with Crippen LogP contribution in [0.25, 0.3) is 0 Å². The second-order valence-corrected chi connectivity index (χ2v) is 5.97. The quantitative estimate of drug-likeness (QED) is 0.415. The highest BCUT2D eigenvalue weighted by molar-refractivity contribution is 6.36. The molecule has 0 amide bonds. The highest BCUT2D eigenvalue weighted by Crippen LogP contribution is 2.26. The number of methoxy groups -OCH3 is 1. The number of ether oxygens (including phenoxy) is 2. The Kier molecular flexibility index (Phi) is 6.97. The fourth-order valence-electron chi connectivity index (χ4n) is 2.25. The maximum absolute atomic E-state index is 12.5. The number of hydrogen-bond acceptors (Lipinski definition) is 5. The second kappa shape index (κ2) is 8.97. The smallest absolute Gasteiger partial charge is 0.335 e. The Balaban J connectivity index is 2.16. The molecule has 1 heterocycles. The zero-order valence-corrected chi connectivity index (χ0v) is 14.7. The summed E-state index contributed by atoms with van der Waals surface area (Å²) >= 11 is 11.9. The van der Waals surface area contributed by atoms with Gasteiger partial charge in [-0.1, -0.05) is 23.2 Å². The zero-order chi connectivity index (χ0) is 17.5. The van der Waals surface area contributed by atoms with E-state index in [1.165, 1.54) is 13.2 Å². The molecule has 0 aromatic heterocycles. The van der Waals surface area contributed by atoms with Crippen molar-refractivity contribution in [3.8, 4) is 0 Å². The minimum absolute atomic E-state index is 0.0213. The molecule has 0 aliphatic carbocycles. The summed E-state index contributed by atoms with van der Waals surface area (Å²) in [6.45, 7) is 0.476. The predicted octanol–water partition coefficient (Wildman–Crippen LogP) is 3.87. The summed E-state index contributed by atoms with van der Waals surface area (Å²) in [6.07, 6.45) is 2.80. The molecular formula is C17H17Cl2NO4. The molecule has 0 saturated carbocycles. The van der Waals surface area contributed by atoms with Crippen molar-refractivity contribution < 1.29 is 19.1 Å². The van der Waals surface area contributed by atoms with Gasteiger partial charge >= 0.3 is 5.97 Å². The first kappa shape index (κ1) is 18.6. The number of esters is 1. The van der Waals surface area contributed by atoms with Gasteiger partial charge < -0.3 is 9.47 Å². The molecule has 1 aromatic rings. The zero-order valence-electron chi connectivity index (χ0n) is 13.2. The molecule has 128 valence electrons. The summed E-state index contributed by atoms with van der Waals surface area (Å²) in [7, 11) is 1.53. The first-order chi connectivity index (χ1) is 11.5. The van der Waals surface area contributed by atoms with Gasteiger partial charge in [-0.2, -0.15) is 0 Å². The van der Waals surface area contributed by atoms with Gasteiger partial charge in [0.05, 0.1) is 29.3 Å². The molecule has 2 rings (SSSR count). The third-order valence-corrected chi connectivity index (χ3v) is 3.99. The minimum atomic E-state index is -0.464. The van der Waals surface area contributed by atoms with Gasteiger partial charge in [0.2, 0.25) is 0 Å². The molecule has 24 heavy (non-hydrogen) atoms. The van der Waals surface area contributed by atoms with Crippen molar-refractivity contribution in [1.82, 2.24) is 0 Å². The lowest BCUT2D eigenvalue weighted by Crippen LogP contribution is -2.16. The van der Waals surface area contributed by atoms with Gasteiger partial charge in [0, 0.05) is 23.9 Å². The number of nitrogens with zero attached hydrogens (tertiary/aromatic N) is 1. The van der Waals surface area contributed by atoms with Crippen molar-refractivity contribution >= 4 is 41.2 Å². The second-order valence-electron chi connectivity index (χ2n) is 5.13. The molecule has 5 nitrogen and oxygen atoms in total. The number of rotatable bonds is 7. The largest absolute Gasteiger partial charge is 0.460 e. The van der Waals surface area contributed by atoms with Crippen LogP contribution >= 0.6 is 23.2 Å². The van der Waals surface area contributed by atoms with Crippen LogP contribution < -0.4 is 0 Å². The van der Waals surface area contributed by atoms with Gasteiger partial charge in [0.25, 0.3) is 0 Å². The summed E-state index contributed by atoms with van der Waals surface area (Å²) in [4.78, 5) is 28.8. The number of carbonyl (C=O) groups is 2. The van der Waals surface area contributed by atoms with E-state index >= 15 is 0 Å². The molecule has 0 radical (unpaired) electrons. The van der Waals surface area contributed by atoms with Crippen LogP contribution in [0.15, 0.2) is 34.5 Å². The Morgan fingerprint density at radius 3 is 2.75 bits per heavy atom. The monoisotopic (exact) mass is 369 g/mol. The average Bonchev–Trinajstić information content (AvgIpc) is 2.55. The lowest BCUT2D eigenvalue weighted by atomic mass is 9.99. The lowest BCUT2D eigenvalue weighted by molar-refractivity contribution is -0.140. The Labute approximate surface area is 150 Å². The van der Waals surface area contributed by atoms with E-state index < -0.39 is 5.97 Å². The molecule has 0 spiro atoms. The Hall–Kier alpha value is -1.69. The molecule has 0 N–H and O–H groups in total. The van der Waals surface area contributed by atoms with Crippen molar-refractivity contribution in [1.29, 1.82) is 0 Å². The highest BCUT2D eigenvalue weighted by atomic mass is 35.5. The molecule has 1 aromatic carbocycles. The maximum Gasteiger partial charge on any atom is 0.335 e. The van der Waals surface area contributed by atoms with Crippen LogP contribution in [0.4, 0.5) is 0 Å². The summed E-state index contributed by atoms with van der Waals surface area (Å²) in [6, 6.07) is 4.67. The number of hydrogen-bond donors (Lipinski definition) is 0. The van der Waals surface area contributed by atoms with Crippen LogP contribution in [0.2, 0.25) is 10.0 Å². The van der Waals surface area contributed by atoms with E-state index in [4.69, 9.17) is 32.7 Å². The van der Waals surface area contributed by atoms with Crippen LogP contribution in [0.5, 0.6) is 0 Å². The third kappa shape index (κ3) is 4.90. The van der Waals surface area contributed by atoms with E-state index in [-0.39, 0.29) is 23.8 Å². The van der Waals surface area contributed by atoms with E-state index in [2.05, 4.69) is 4.99 Å². The number of benzene rings is 1. The number of aliphatic imine (C=N–C) groups is 1. The van der Waals surface area contributed by atoms with Crippen LogP contribution in [0.1, 0.15) is 29.6 Å². The van der Waals surface area contributed by atoms with Crippen molar-refractivity contribution in [3.63, 3.8) is 0 Å². The summed E-state index contributed by atoms with van der Waals surface area (Å²) in [5.41, 5.74) is 1.19. The predicted molar refractivity (Wildman–Crippen MR) is 93.0 cm³/mol. The van der Waals surface area contributed by atoms with E-state index in [0.29, 0.717) is 41.3 Å². The molecule has 0 unspecified atom stereocenters. The SMILES string of the molecule is COCCOC(=O)C1=C(CC(=O)c2ccc(Cl)cc2Cl)N=CCC1. The van der Waals surface area contributed by atoms with E-state index in [1.54, 1.807) is 18.3 Å². The molecule has 0 bridgehead atoms. The van der Waals surface area contributed by atoms with Crippen LogP contribution in [0.3, 0.4) is 0 Å². The van der Waals surface area contributed by atoms with Crippen molar-refractivity contribution in [2.75, 3.05) is 20.3 Å². The van der Waals surface area contributed by atoms with Crippen molar-refractivity contribution in [3.05, 3.63) is 45.1 Å². The molecule has 1 aliphatic heterocycles. The van der Waals surface area contributed by atoms with Gasteiger partial charge in [-0.05, 0) is 31.0 Å². The highest BCUT2D eigenvalue weighted by Gasteiger charge is 2.22. The fraction of sp³-hybridized carbons (Fsp3) is 0.353. The molecular weight excluding hydrogens is 353 g/mol. The normalized spacial score (nSPS) is 14.0. The van der Waals surface area contributed by atoms with Crippen molar-refractivity contribution in [2.45, 2.75) is 19.3 Å². The molecule has 0 saturated heterocycles. The lowest BCUT2D eigenvalue weighted by Gasteiger charge is -2.14. The molecule has 0 fully saturated rings. The number of ketones is 1. The minimum Gasteiger partial charge on any atom is -0.460 e. The summed E-state index contributed by atoms with van der Waals surface area (Å²) in [5, 5.41) is 0.728. The van der Waals surface area contributed by atoms with Gasteiger partial charge in [-0.15, -0.1) is 0 Å². The third-order valence-electron chi connectivity index (χ3n) is 3.45. The first-order valence-electron chi connectivity index (χ1n) is 7.41. The summed E-state index contributed by atoms with van der Waals surface area (Å²) in [5.74, 6) is -0.693. The Morgan fingerprint density at radius 2 is 2.04 bits per heavy atom. The number of allylic oxidation sites excluding steroid dienone is 1. The Morgan fingerprint density at radius 1 is 1.25 bits per heavy atom. The average molecular weight is 370 g/mol.